The number of ether oxygens (including phenoxy) is 2. The maximum Gasteiger partial charge on any atom is 0.416 e. The van der Waals surface area contributed by atoms with Crippen molar-refractivity contribution in [2.24, 2.45) is 0 Å². The molecular formula is C13H12F3IO3. The number of halogens is 4. The molecule has 0 aliphatic heterocycles. The summed E-state index contributed by atoms with van der Waals surface area (Å²) in [5.74, 6) is -0.713. The number of allylic oxidation sites excluding steroid dienone is 1. The standard InChI is InChI=1S/C13H12F3IO3/c1-3-11(12(18)19-2)20-7-8-6-9(13(14,15)16)4-5-10(8)17/h3-6H,7H2,1-2H3/b11-3-. The number of methoxy groups -OCH3 is 1. The predicted molar refractivity (Wildman–Crippen MR) is 74.7 cm³/mol. The molecule has 0 N–H and O–H groups in total. The Bertz CT molecular complexity index is 524. The van der Waals surface area contributed by atoms with Crippen LogP contribution in [0.4, 0.5) is 13.2 Å². The van der Waals surface area contributed by atoms with Gasteiger partial charge in [0.15, 0.2) is 0 Å². The average Bonchev–Trinajstić information content (AvgIpc) is 2.39. The molecule has 0 fully saturated rings. The summed E-state index contributed by atoms with van der Waals surface area (Å²) < 4.78 is 48.2. The lowest BCUT2D eigenvalue weighted by Crippen LogP contribution is -2.10. The van der Waals surface area contributed by atoms with Gasteiger partial charge in [0.2, 0.25) is 5.76 Å². The average molecular weight is 400 g/mol. The largest absolute Gasteiger partial charge is 0.482 e. The molecule has 0 spiro atoms. The van der Waals surface area contributed by atoms with Crippen molar-refractivity contribution in [3.8, 4) is 0 Å². The van der Waals surface area contributed by atoms with E-state index in [1.807, 2.05) is 22.6 Å². The smallest absolute Gasteiger partial charge is 0.416 e. The molecular weight excluding hydrogens is 388 g/mol. The third-order valence-corrected chi connectivity index (χ3v) is 3.46. The van der Waals surface area contributed by atoms with E-state index in [-0.39, 0.29) is 12.4 Å². The highest BCUT2D eigenvalue weighted by atomic mass is 127. The third kappa shape index (κ3) is 4.39. The van der Waals surface area contributed by atoms with E-state index in [1.54, 1.807) is 6.92 Å². The molecule has 0 amide bonds. The number of benzene rings is 1. The first kappa shape index (κ1) is 16.8. The minimum Gasteiger partial charge on any atom is -0.482 e. The zero-order valence-electron chi connectivity index (χ0n) is 10.8. The lowest BCUT2D eigenvalue weighted by Gasteiger charge is -2.12. The maximum atomic E-state index is 12.6. The van der Waals surface area contributed by atoms with Crippen molar-refractivity contribution < 1.29 is 27.4 Å². The van der Waals surface area contributed by atoms with Crippen molar-refractivity contribution in [3.05, 3.63) is 44.7 Å². The molecule has 0 saturated carbocycles. The second-order valence-electron chi connectivity index (χ2n) is 3.74. The molecule has 20 heavy (non-hydrogen) atoms. The fourth-order valence-electron chi connectivity index (χ4n) is 1.38. The number of hydrogen-bond acceptors (Lipinski definition) is 3. The predicted octanol–water partition coefficient (Wildman–Crippen LogP) is 3.90. The summed E-state index contributed by atoms with van der Waals surface area (Å²) in [7, 11) is 1.20. The quantitative estimate of drug-likeness (QED) is 0.333. The fraction of sp³-hybridized carbons (Fsp3) is 0.308. The van der Waals surface area contributed by atoms with Crippen LogP contribution >= 0.6 is 22.6 Å². The zero-order chi connectivity index (χ0) is 15.3. The number of rotatable bonds is 4. The Morgan fingerprint density at radius 1 is 1.40 bits per heavy atom. The fourth-order valence-corrected chi connectivity index (χ4v) is 1.87. The van der Waals surface area contributed by atoms with Gasteiger partial charge in [0, 0.05) is 9.13 Å². The third-order valence-electron chi connectivity index (χ3n) is 2.40. The minimum absolute atomic E-state index is 0.0410. The highest BCUT2D eigenvalue weighted by Crippen LogP contribution is 2.31. The Balaban J connectivity index is 2.90. The van der Waals surface area contributed by atoms with Crippen molar-refractivity contribution in [3.63, 3.8) is 0 Å². The van der Waals surface area contributed by atoms with Gasteiger partial charge >= 0.3 is 12.1 Å². The van der Waals surface area contributed by atoms with Gasteiger partial charge in [-0.3, -0.25) is 0 Å². The highest BCUT2D eigenvalue weighted by Gasteiger charge is 2.30. The van der Waals surface area contributed by atoms with Crippen LogP contribution < -0.4 is 0 Å². The molecule has 0 aliphatic carbocycles. The SMILES string of the molecule is C/C=C(\OCc1cc(C(F)(F)F)ccc1I)C(=O)OC. The summed E-state index contributed by atoms with van der Waals surface area (Å²) >= 11 is 1.91. The monoisotopic (exact) mass is 400 g/mol. The van der Waals surface area contributed by atoms with Crippen LogP contribution in [0.3, 0.4) is 0 Å². The molecule has 1 aromatic carbocycles. The lowest BCUT2D eigenvalue weighted by atomic mass is 10.1. The molecule has 0 bridgehead atoms. The van der Waals surface area contributed by atoms with Crippen LogP contribution in [0.2, 0.25) is 0 Å². The van der Waals surface area contributed by atoms with Gasteiger partial charge in [-0.15, -0.1) is 0 Å². The van der Waals surface area contributed by atoms with Crippen molar-refractivity contribution in [1.82, 2.24) is 0 Å². The Hall–Kier alpha value is -1.25. The summed E-state index contributed by atoms with van der Waals surface area (Å²) in [5, 5.41) is 0. The Labute approximate surface area is 127 Å². The normalized spacial score (nSPS) is 12.2. The number of hydrogen-bond donors (Lipinski definition) is 0. The summed E-state index contributed by atoms with van der Waals surface area (Å²) in [6.45, 7) is 1.43. The van der Waals surface area contributed by atoms with Crippen molar-refractivity contribution in [1.29, 1.82) is 0 Å². The molecule has 0 saturated heterocycles. The summed E-state index contributed by atoms with van der Waals surface area (Å²) in [5.41, 5.74) is -0.403. The Morgan fingerprint density at radius 3 is 2.55 bits per heavy atom. The van der Waals surface area contributed by atoms with Gasteiger partial charge in [0.25, 0.3) is 0 Å². The zero-order valence-corrected chi connectivity index (χ0v) is 12.9. The summed E-state index contributed by atoms with van der Waals surface area (Å²) in [4.78, 5) is 11.3. The summed E-state index contributed by atoms with van der Waals surface area (Å²) in [6, 6.07) is 3.37. The molecule has 110 valence electrons. The van der Waals surface area contributed by atoms with Crippen LogP contribution in [0, 0.1) is 3.57 Å². The molecule has 0 aromatic heterocycles. The van der Waals surface area contributed by atoms with E-state index < -0.39 is 17.7 Å². The van der Waals surface area contributed by atoms with Gasteiger partial charge in [0.05, 0.1) is 12.7 Å². The molecule has 1 aromatic rings. The highest BCUT2D eigenvalue weighted by molar-refractivity contribution is 14.1. The van der Waals surface area contributed by atoms with Crippen LogP contribution in [0.25, 0.3) is 0 Å². The first-order chi connectivity index (χ1) is 9.29. The first-order valence-electron chi connectivity index (χ1n) is 5.52. The van der Waals surface area contributed by atoms with Gasteiger partial charge < -0.3 is 9.47 Å². The Morgan fingerprint density at radius 2 is 2.05 bits per heavy atom. The minimum atomic E-state index is -4.41. The molecule has 7 heteroatoms. The van der Waals surface area contributed by atoms with Gasteiger partial charge in [-0.05, 0) is 53.8 Å². The van der Waals surface area contributed by atoms with Gasteiger partial charge in [-0.2, -0.15) is 13.2 Å². The van der Waals surface area contributed by atoms with E-state index in [1.165, 1.54) is 19.3 Å². The maximum absolute atomic E-state index is 12.6. The molecule has 3 nitrogen and oxygen atoms in total. The molecule has 0 aliphatic rings. The van der Waals surface area contributed by atoms with Gasteiger partial charge in [-0.1, -0.05) is 0 Å². The van der Waals surface area contributed by atoms with Crippen LogP contribution in [0.5, 0.6) is 0 Å². The first-order valence-corrected chi connectivity index (χ1v) is 6.60. The second kappa shape index (κ2) is 6.96. The number of esters is 1. The molecule has 0 unspecified atom stereocenters. The van der Waals surface area contributed by atoms with E-state index in [0.29, 0.717) is 9.13 Å². The number of carbonyl (C=O) groups excluding carboxylic acids is 1. The molecule has 1 rings (SSSR count). The van der Waals surface area contributed by atoms with Crippen molar-refractivity contribution in [2.45, 2.75) is 19.7 Å². The van der Waals surface area contributed by atoms with E-state index in [2.05, 4.69) is 4.74 Å². The second-order valence-corrected chi connectivity index (χ2v) is 4.90. The van der Waals surface area contributed by atoms with Crippen LogP contribution in [0.1, 0.15) is 18.1 Å². The van der Waals surface area contributed by atoms with Gasteiger partial charge in [0.1, 0.15) is 6.61 Å². The molecule has 0 heterocycles. The van der Waals surface area contributed by atoms with E-state index in [0.717, 1.165) is 12.1 Å². The Kier molecular flexibility index (Phi) is 5.85. The van der Waals surface area contributed by atoms with Crippen LogP contribution in [-0.4, -0.2) is 13.1 Å². The lowest BCUT2D eigenvalue weighted by molar-refractivity contribution is -0.140. The van der Waals surface area contributed by atoms with Crippen LogP contribution in [-0.2, 0) is 27.1 Å². The summed E-state index contributed by atoms with van der Waals surface area (Å²) in [6.07, 6.45) is -3.02. The molecule has 0 atom stereocenters. The molecule has 0 radical (unpaired) electrons. The van der Waals surface area contributed by atoms with Crippen molar-refractivity contribution >= 4 is 28.6 Å². The topological polar surface area (TPSA) is 35.5 Å². The van der Waals surface area contributed by atoms with Crippen LogP contribution in [0.15, 0.2) is 30.0 Å². The van der Waals surface area contributed by atoms with E-state index >= 15 is 0 Å². The van der Waals surface area contributed by atoms with E-state index in [4.69, 9.17) is 4.74 Å². The van der Waals surface area contributed by atoms with E-state index in [9.17, 15) is 18.0 Å². The van der Waals surface area contributed by atoms with Gasteiger partial charge in [-0.25, -0.2) is 4.79 Å². The number of carbonyl (C=O) groups is 1. The van der Waals surface area contributed by atoms with Crippen molar-refractivity contribution in [2.75, 3.05) is 7.11 Å². The number of alkyl halides is 3.